The van der Waals surface area contributed by atoms with E-state index in [4.69, 9.17) is 9.97 Å². The monoisotopic (exact) mass is 418 g/mol. The third-order valence-corrected chi connectivity index (χ3v) is 6.90. The average Bonchev–Trinajstić information content (AvgIpc) is 3.21. The molecule has 164 valence electrons. The summed E-state index contributed by atoms with van der Waals surface area (Å²) in [4.78, 5) is 15.3. The van der Waals surface area contributed by atoms with Gasteiger partial charge >= 0.3 is 0 Å². The first-order chi connectivity index (χ1) is 15.2. The number of benzene rings is 1. The van der Waals surface area contributed by atoms with Gasteiger partial charge in [0.25, 0.3) is 0 Å². The van der Waals surface area contributed by atoms with Crippen LogP contribution in [-0.4, -0.2) is 41.1 Å². The number of rotatable bonds is 6. The highest BCUT2D eigenvalue weighted by Crippen LogP contribution is 2.29. The minimum Gasteiger partial charge on any atom is -0.362 e. The summed E-state index contributed by atoms with van der Waals surface area (Å²) in [6, 6.07) is 9.57. The first kappa shape index (κ1) is 20.3. The minimum atomic E-state index is 0.461. The highest BCUT2D eigenvalue weighted by atomic mass is 15.2. The number of para-hydroxylation sites is 1. The zero-order chi connectivity index (χ0) is 21.2. The molecule has 0 bridgehead atoms. The molecule has 0 spiro atoms. The van der Waals surface area contributed by atoms with Gasteiger partial charge in [-0.3, -0.25) is 0 Å². The molecule has 0 radical (unpaired) electrons. The summed E-state index contributed by atoms with van der Waals surface area (Å²) in [6.07, 6.45) is 11.5. The first-order valence-electron chi connectivity index (χ1n) is 11.8. The van der Waals surface area contributed by atoms with Crippen LogP contribution in [0, 0.1) is 0 Å². The number of hydrogen-bond donors (Lipinski definition) is 3. The summed E-state index contributed by atoms with van der Waals surface area (Å²) in [7, 11) is 4.18. The molecule has 1 aromatic carbocycles. The van der Waals surface area contributed by atoms with Gasteiger partial charge in [0, 0.05) is 55.4 Å². The molecule has 1 saturated carbocycles. The van der Waals surface area contributed by atoms with E-state index in [0.29, 0.717) is 12.1 Å². The molecule has 0 unspecified atom stereocenters. The lowest BCUT2D eigenvalue weighted by molar-refractivity contribution is 0.352. The van der Waals surface area contributed by atoms with Crippen molar-refractivity contribution in [3.8, 4) is 0 Å². The second kappa shape index (κ2) is 8.87. The van der Waals surface area contributed by atoms with Crippen LogP contribution in [0.25, 0.3) is 10.9 Å². The van der Waals surface area contributed by atoms with Gasteiger partial charge in [-0.05, 0) is 63.0 Å². The summed E-state index contributed by atoms with van der Waals surface area (Å²) in [6.45, 7) is 0.924. The molecule has 2 aliphatic rings. The van der Waals surface area contributed by atoms with Crippen LogP contribution in [0.1, 0.15) is 55.3 Å². The summed E-state index contributed by atoms with van der Waals surface area (Å²) in [5, 5.41) is 8.76. The number of hydrogen-bond acceptors (Lipinski definition) is 5. The van der Waals surface area contributed by atoms with E-state index in [2.05, 4.69) is 65.1 Å². The van der Waals surface area contributed by atoms with Crippen LogP contribution < -0.4 is 15.5 Å². The molecular formula is C25H34N6. The Bertz CT molecular complexity index is 1030. The molecule has 5 rings (SSSR count). The number of fused-ring (bicyclic) bond motifs is 2. The zero-order valence-electron chi connectivity index (χ0n) is 18.7. The van der Waals surface area contributed by atoms with Gasteiger partial charge in [0.1, 0.15) is 5.82 Å². The van der Waals surface area contributed by atoms with Gasteiger partial charge in [-0.1, -0.05) is 18.2 Å². The van der Waals surface area contributed by atoms with E-state index < -0.39 is 0 Å². The van der Waals surface area contributed by atoms with E-state index in [9.17, 15) is 0 Å². The van der Waals surface area contributed by atoms with Crippen LogP contribution in [0.3, 0.4) is 0 Å². The van der Waals surface area contributed by atoms with Crippen LogP contribution in [0.15, 0.2) is 30.5 Å². The summed E-state index contributed by atoms with van der Waals surface area (Å²) >= 11 is 0. The van der Waals surface area contributed by atoms with Crippen molar-refractivity contribution in [2.45, 2.75) is 70.0 Å². The van der Waals surface area contributed by atoms with Crippen molar-refractivity contribution in [3.05, 3.63) is 47.3 Å². The summed E-state index contributed by atoms with van der Waals surface area (Å²) < 4.78 is 0. The fourth-order valence-corrected chi connectivity index (χ4v) is 5.17. The van der Waals surface area contributed by atoms with E-state index in [0.717, 1.165) is 44.0 Å². The minimum absolute atomic E-state index is 0.461. The standard InChI is InChI=1S/C25H34N6/c1-31(2)24-21-8-4-6-10-23(21)29-25(30-24)28-19-13-11-18(12-14-19)26-15-17-16-27-22-9-5-3-7-20(17)22/h3,5,7,9,16,18-19,26-27H,4,6,8,10-15H2,1-2H3,(H,28,29,30)/t18-,19+. The Morgan fingerprint density at radius 2 is 1.77 bits per heavy atom. The number of aryl methyl sites for hydroxylation is 1. The number of anilines is 2. The number of aromatic nitrogens is 3. The smallest absolute Gasteiger partial charge is 0.225 e. The first-order valence-corrected chi connectivity index (χ1v) is 11.8. The molecule has 0 atom stereocenters. The Labute approximate surface area is 184 Å². The van der Waals surface area contributed by atoms with Crippen molar-refractivity contribution in [3.63, 3.8) is 0 Å². The number of nitrogens with zero attached hydrogens (tertiary/aromatic N) is 3. The van der Waals surface area contributed by atoms with Crippen LogP contribution >= 0.6 is 0 Å². The Kier molecular flexibility index (Phi) is 5.81. The van der Waals surface area contributed by atoms with Crippen molar-refractivity contribution >= 4 is 22.7 Å². The number of nitrogens with one attached hydrogen (secondary N) is 3. The number of aromatic amines is 1. The fourth-order valence-electron chi connectivity index (χ4n) is 5.17. The molecule has 2 heterocycles. The van der Waals surface area contributed by atoms with Gasteiger partial charge < -0.3 is 20.5 Å². The molecule has 0 saturated heterocycles. The average molecular weight is 419 g/mol. The van der Waals surface area contributed by atoms with Gasteiger partial charge in [-0.2, -0.15) is 4.98 Å². The molecular weight excluding hydrogens is 384 g/mol. The summed E-state index contributed by atoms with van der Waals surface area (Å²) in [5.41, 5.74) is 5.18. The predicted molar refractivity (Wildman–Crippen MR) is 128 cm³/mol. The van der Waals surface area contributed by atoms with Gasteiger partial charge in [-0.25, -0.2) is 4.98 Å². The fraction of sp³-hybridized carbons (Fsp3) is 0.520. The lowest BCUT2D eigenvalue weighted by Gasteiger charge is -2.30. The topological polar surface area (TPSA) is 68.9 Å². The summed E-state index contributed by atoms with van der Waals surface area (Å²) in [5.74, 6) is 1.92. The maximum absolute atomic E-state index is 4.90. The Morgan fingerprint density at radius 1 is 1.00 bits per heavy atom. The van der Waals surface area contributed by atoms with Crippen molar-refractivity contribution in [2.75, 3.05) is 24.3 Å². The molecule has 3 aromatic rings. The third kappa shape index (κ3) is 4.40. The van der Waals surface area contributed by atoms with E-state index in [1.54, 1.807) is 0 Å². The van der Waals surface area contributed by atoms with Gasteiger partial charge in [0.05, 0.1) is 5.69 Å². The largest absolute Gasteiger partial charge is 0.362 e. The highest BCUT2D eigenvalue weighted by molar-refractivity contribution is 5.82. The van der Waals surface area contributed by atoms with Crippen LogP contribution in [0.2, 0.25) is 0 Å². The molecule has 2 aliphatic carbocycles. The molecule has 31 heavy (non-hydrogen) atoms. The second-order valence-electron chi connectivity index (χ2n) is 9.33. The SMILES string of the molecule is CN(C)c1nc(N[C@H]2CC[C@@H](NCc3c[nH]c4ccccc34)CC2)nc2c1CCCC2. The van der Waals surface area contributed by atoms with E-state index in [1.807, 2.05) is 0 Å². The zero-order valence-corrected chi connectivity index (χ0v) is 18.7. The lowest BCUT2D eigenvalue weighted by atomic mass is 9.91. The third-order valence-electron chi connectivity index (χ3n) is 6.90. The lowest BCUT2D eigenvalue weighted by Crippen LogP contribution is -2.37. The Morgan fingerprint density at radius 3 is 2.61 bits per heavy atom. The van der Waals surface area contributed by atoms with Crippen molar-refractivity contribution in [1.29, 1.82) is 0 Å². The Hall–Kier alpha value is -2.60. The molecule has 6 heteroatoms. The van der Waals surface area contributed by atoms with Gasteiger partial charge in [0.15, 0.2) is 0 Å². The van der Waals surface area contributed by atoms with E-state index in [-0.39, 0.29) is 0 Å². The van der Waals surface area contributed by atoms with Crippen molar-refractivity contribution in [2.24, 2.45) is 0 Å². The van der Waals surface area contributed by atoms with Gasteiger partial charge in [-0.15, -0.1) is 0 Å². The quantitative estimate of drug-likeness (QED) is 0.553. The van der Waals surface area contributed by atoms with Crippen LogP contribution in [-0.2, 0) is 19.4 Å². The van der Waals surface area contributed by atoms with Crippen LogP contribution in [0.4, 0.5) is 11.8 Å². The molecule has 1 fully saturated rings. The van der Waals surface area contributed by atoms with Gasteiger partial charge in [0.2, 0.25) is 5.95 Å². The molecule has 0 amide bonds. The predicted octanol–water partition coefficient (Wildman–Crippen LogP) is 4.42. The van der Waals surface area contributed by atoms with Crippen molar-refractivity contribution < 1.29 is 0 Å². The van der Waals surface area contributed by atoms with E-state index in [1.165, 1.54) is 53.4 Å². The number of H-pyrrole nitrogens is 1. The van der Waals surface area contributed by atoms with Crippen LogP contribution in [0.5, 0.6) is 0 Å². The Balaban J connectivity index is 1.17. The maximum Gasteiger partial charge on any atom is 0.225 e. The van der Waals surface area contributed by atoms with E-state index >= 15 is 0 Å². The highest BCUT2D eigenvalue weighted by Gasteiger charge is 2.24. The molecule has 2 aromatic heterocycles. The maximum atomic E-state index is 4.90. The molecule has 0 aliphatic heterocycles. The normalized spacial score (nSPS) is 21.1. The molecule has 3 N–H and O–H groups in total. The van der Waals surface area contributed by atoms with Crippen molar-refractivity contribution in [1.82, 2.24) is 20.3 Å². The second-order valence-corrected chi connectivity index (χ2v) is 9.33. The molecule has 6 nitrogen and oxygen atoms in total.